The van der Waals surface area contributed by atoms with Gasteiger partial charge in [0.25, 0.3) is 0 Å². The monoisotopic (exact) mass is 281 g/mol. The predicted octanol–water partition coefficient (Wildman–Crippen LogP) is 2.51. The number of rotatable bonds is 3. The van der Waals surface area contributed by atoms with Gasteiger partial charge in [-0.25, -0.2) is 0 Å². The van der Waals surface area contributed by atoms with Crippen molar-refractivity contribution in [1.82, 2.24) is 10.2 Å². The maximum atomic E-state index is 5.33. The first kappa shape index (κ1) is 12.6. The second kappa shape index (κ2) is 6.17. The summed E-state index contributed by atoms with van der Waals surface area (Å²) in [6.45, 7) is 2.37. The van der Waals surface area contributed by atoms with Crippen molar-refractivity contribution in [3.05, 3.63) is 26.9 Å². The highest BCUT2D eigenvalue weighted by atomic mass is 32.2. The smallest absolute Gasteiger partial charge is 0.174 e. The summed E-state index contributed by atoms with van der Waals surface area (Å²) in [4.78, 5) is 1.30. The summed E-state index contributed by atoms with van der Waals surface area (Å²) in [6, 6.07) is 2.11. The Bertz CT molecular complexity index is 548. The molecule has 0 aliphatic carbocycles. The molecule has 0 fully saturated rings. The minimum absolute atomic E-state index is 0.407. The SMILES string of the molecule is Cc1nnc(SCc2cc(C#CCN)cs2)s1. The van der Waals surface area contributed by atoms with Crippen LogP contribution < -0.4 is 5.73 Å². The van der Waals surface area contributed by atoms with Crippen molar-refractivity contribution < 1.29 is 0 Å². The molecule has 2 heterocycles. The fourth-order valence-electron chi connectivity index (χ4n) is 1.14. The van der Waals surface area contributed by atoms with E-state index < -0.39 is 0 Å². The Morgan fingerprint density at radius 2 is 2.35 bits per heavy atom. The van der Waals surface area contributed by atoms with Gasteiger partial charge in [-0.3, -0.25) is 0 Å². The van der Waals surface area contributed by atoms with Crippen LogP contribution in [0.15, 0.2) is 15.8 Å². The molecule has 17 heavy (non-hydrogen) atoms. The van der Waals surface area contributed by atoms with E-state index in [1.165, 1.54) is 4.88 Å². The Labute approximate surface area is 112 Å². The third-order valence-electron chi connectivity index (χ3n) is 1.83. The van der Waals surface area contributed by atoms with Crippen LogP contribution in [0, 0.1) is 18.8 Å². The van der Waals surface area contributed by atoms with Gasteiger partial charge in [0, 0.05) is 21.6 Å². The van der Waals surface area contributed by atoms with Crippen LogP contribution in [0.4, 0.5) is 0 Å². The second-order valence-electron chi connectivity index (χ2n) is 3.18. The lowest BCUT2D eigenvalue weighted by Crippen LogP contribution is -1.92. The number of aromatic nitrogens is 2. The zero-order valence-electron chi connectivity index (χ0n) is 9.27. The molecule has 6 heteroatoms. The van der Waals surface area contributed by atoms with Crippen LogP contribution in [0.5, 0.6) is 0 Å². The van der Waals surface area contributed by atoms with E-state index in [1.807, 2.05) is 6.92 Å². The van der Waals surface area contributed by atoms with Crippen molar-refractivity contribution in [2.24, 2.45) is 5.73 Å². The first-order valence-electron chi connectivity index (χ1n) is 4.97. The first-order valence-corrected chi connectivity index (χ1v) is 7.65. The molecular formula is C11H11N3S3. The van der Waals surface area contributed by atoms with Crippen LogP contribution in [0.25, 0.3) is 0 Å². The zero-order chi connectivity index (χ0) is 12.1. The lowest BCUT2D eigenvalue weighted by molar-refractivity contribution is 0.984. The average molecular weight is 281 g/mol. The molecule has 0 aromatic carbocycles. The van der Waals surface area contributed by atoms with E-state index in [-0.39, 0.29) is 0 Å². The number of nitrogens with two attached hydrogens (primary N) is 1. The molecule has 2 aromatic heterocycles. The summed E-state index contributed by atoms with van der Waals surface area (Å²) in [6.07, 6.45) is 0. The largest absolute Gasteiger partial charge is 0.320 e. The Balaban J connectivity index is 1.93. The molecule has 0 aliphatic rings. The summed E-state index contributed by atoms with van der Waals surface area (Å²) in [7, 11) is 0. The van der Waals surface area contributed by atoms with Gasteiger partial charge in [-0.15, -0.1) is 21.5 Å². The Kier molecular flexibility index (Phi) is 4.57. The topological polar surface area (TPSA) is 51.8 Å². The Morgan fingerprint density at radius 3 is 3.06 bits per heavy atom. The van der Waals surface area contributed by atoms with Gasteiger partial charge in [-0.05, 0) is 13.0 Å². The van der Waals surface area contributed by atoms with Crippen LogP contribution in [0.3, 0.4) is 0 Å². The summed E-state index contributed by atoms with van der Waals surface area (Å²) in [5.41, 5.74) is 6.38. The Hall–Kier alpha value is -0.870. The molecule has 88 valence electrons. The molecule has 0 atom stereocenters. The molecular weight excluding hydrogens is 270 g/mol. The minimum atomic E-state index is 0.407. The van der Waals surface area contributed by atoms with Crippen molar-refractivity contribution in [1.29, 1.82) is 0 Å². The quantitative estimate of drug-likeness (QED) is 0.694. The van der Waals surface area contributed by atoms with Gasteiger partial charge in [0.1, 0.15) is 5.01 Å². The molecule has 2 N–H and O–H groups in total. The van der Waals surface area contributed by atoms with E-state index >= 15 is 0 Å². The van der Waals surface area contributed by atoms with Crippen molar-refractivity contribution in [2.45, 2.75) is 17.0 Å². The van der Waals surface area contributed by atoms with Gasteiger partial charge in [0.15, 0.2) is 4.34 Å². The highest BCUT2D eigenvalue weighted by Gasteiger charge is 2.03. The maximum absolute atomic E-state index is 5.33. The lowest BCUT2D eigenvalue weighted by Gasteiger charge is -1.91. The van der Waals surface area contributed by atoms with Gasteiger partial charge in [-0.1, -0.05) is 34.9 Å². The van der Waals surface area contributed by atoms with Crippen LogP contribution >= 0.6 is 34.4 Å². The standard InChI is InChI=1S/C11H11N3S3/c1-8-13-14-11(17-8)16-7-10-5-9(6-15-10)3-2-4-12/h5-6H,4,7,12H2,1H3. The van der Waals surface area contributed by atoms with E-state index in [9.17, 15) is 0 Å². The molecule has 0 amide bonds. The summed E-state index contributed by atoms with van der Waals surface area (Å²) < 4.78 is 1.02. The summed E-state index contributed by atoms with van der Waals surface area (Å²) >= 11 is 5.06. The number of thioether (sulfide) groups is 1. The molecule has 0 saturated carbocycles. The highest BCUT2D eigenvalue weighted by Crippen LogP contribution is 2.28. The number of nitrogens with zero attached hydrogens (tertiary/aromatic N) is 2. The molecule has 2 rings (SSSR count). The van der Waals surface area contributed by atoms with Crippen LogP contribution in [0.1, 0.15) is 15.4 Å². The van der Waals surface area contributed by atoms with Crippen molar-refractivity contribution in [2.75, 3.05) is 6.54 Å². The molecule has 0 aliphatic heterocycles. The van der Waals surface area contributed by atoms with Crippen molar-refractivity contribution in [3.8, 4) is 11.8 Å². The summed E-state index contributed by atoms with van der Waals surface area (Å²) in [5, 5.41) is 11.1. The highest BCUT2D eigenvalue weighted by molar-refractivity contribution is 8.00. The van der Waals surface area contributed by atoms with Crippen LogP contribution in [-0.2, 0) is 5.75 Å². The van der Waals surface area contributed by atoms with E-state index in [1.54, 1.807) is 34.4 Å². The van der Waals surface area contributed by atoms with Gasteiger partial charge in [-0.2, -0.15) is 0 Å². The van der Waals surface area contributed by atoms with Gasteiger partial charge >= 0.3 is 0 Å². The van der Waals surface area contributed by atoms with E-state index in [2.05, 4.69) is 33.5 Å². The van der Waals surface area contributed by atoms with E-state index in [4.69, 9.17) is 5.73 Å². The maximum Gasteiger partial charge on any atom is 0.174 e. The molecule has 0 radical (unpaired) electrons. The first-order chi connectivity index (χ1) is 8.28. The van der Waals surface area contributed by atoms with E-state index in [0.29, 0.717) is 6.54 Å². The fourth-order valence-corrected chi connectivity index (χ4v) is 3.83. The fraction of sp³-hybridized carbons (Fsp3) is 0.273. The third-order valence-corrected chi connectivity index (χ3v) is 4.97. The number of thiophene rings is 1. The molecule has 0 bridgehead atoms. The molecule has 0 saturated heterocycles. The third kappa shape index (κ3) is 3.82. The van der Waals surface area contributed by atoms with Crippen LogP contribution in [0.2, 0.25) is 0 Å². The predicted molar refractivity (Wildman–Crippen MR) is 74.5 cm³/mol. The van der Waals surface area contributed by atoms with Crippen LogP contribution in [-0.4, -0.2) is 16.7 Å². The van der Waals surface area contributed by atoms with Crippen molar-refractivity contribution in [3.63, 3.8) is 0 Å². The zero-order valence-corrected chi connectivity index (χ0v) is 11.7. The van der Waals surface area contributed by atoms with Gasteiger partial charge in [0.05, 0.1) is 6.54 Å². The van der Waals surface area contributed by atoms with Gasteiger partial charge < -0.3 is 5.73 Å². The Morgan fingerprint density at radius 1 is 1.47 bits per heavy atom. The normalized spacial score (nSPS) is 10.0. The molecule has 3 nitrogen and oxygen atoms in total. The molecule has 0 unspecified atom stereocenters. The van der Waals surface area contributed by atoms with Crippen molar-refractivity contribution >= 4 is 34.4 Å². The van der Waals surface area contributed by atoms with Gasteiger partial charge in [0.2, 0.25) is 0 Å². The molecule has 2 aromatic rings. The number of aryl methyl sites for hydroxylation is 1. The second-order valence-corrected chi connectivity index (χ2v) is 6.58. The average Bonchev–Trinajstić information content (AvgIpc) is 2.93. The van der Waals surface area contributed by atoms with E-state index in [0.717, 1.165) is 20.7 Å². The lowest BCUT2D eigenvalue weighted by atomic mass is 10.3. The minimum Gasteiger partial charge on any atom is -0.320 e. The number of hydrogen-bond acceptors (Lipinski definition) is 6. The summed E-state index contributed by atoms with van der Waals surface area (Å²) in [5.74, 6) is 6.80. The molecule has 0 spiro atoms. The number of hydrogen-bond donors (Lipinski definition) is 1.